The van der Waals surface area contributed by atoms with Crippen LogP contribution in [0.1, 0.15) is 90.3 Å². The van der Waals surface area contributed by atoms with Gasteiger partial charge in [-0.25, -0.2) is 4.79 Å². The summed E-state index contributed by atoms with van der Waals surface area (Å²) in [4.78, 5) is 110. The number of anilines is 2. The van der Waals surface area contributed by atoms with Gasteiger partial charge in [-0.1, -0.05) is 102 Å². The Hall–Kier alpha value is -8.27. The van der Waals surface area contributed by atoms with Crippen LogP contribution in [0, 0.1) is 32.6 Å². The van der Waals surface area contributed by atoms with E-state index in [-0.39, 0.29) is 76.0 Å². The first kappa shape index (κ1) is 56.6. The molecule has 1 aromatic heterocycles. The number of aromatic nitrogens is 1. The second-order valence-electron chi connectivity index (χ2n) is 18.7. The third-order valence-corrected chi connectivity index (χ3v) is 12.5. The molecular weight excluding hydrogens is 939 g/mol. The van der Waals surface area contributed by atoms with Crippen LogP contribution in [0.2, 0.25) is 0 Å². The van der Waals surface area contributed by atoms with E-state index in [9.17, 15) is 43.5 Å². The van der Waals surface area contributed by atoms with Gasteiger partial charge in [0.25, 0.3) is 0 Å². The third-order valence-electron chi connectivity index (χ3n) is 12.5. The number of unbranched alkanes of at least 4 members (excludes halogenated alkanes) is 1. The molecule has 74 heavy (non-hydrogen) atoms. The zero-order valence-corrected chi connectivity index (χ0v) is 42.2. The van der Waals surface area contributed by atoms with Crippen LogP contribution in [0.15, 0.2) is 128 Å². The lowest BCUT2D eigenvalue weighted by Gasteiger charge is -2.25. The Morgan fingerprint density at radius 3 is 1.92 bits per heavy atom. The number of rotatable bonds is 29. The number of amides is 6. The molecule has 5 aromatic rings. The maximum atomic E-state index is 14.5. The Bertz CT molecular complexity index is 2730. The second kappa shape index (κ2) is 29.3. The first-order valence-electron chi connectivity index (χ1n) is 24.9. The highest BCUT2D eigenvalue weighted by atomic mass is 16.4. The highest BCUT2D eigenvalue weighted by Crippen LogP contribution is 2.22. The maximum Gasteiger partial charge on any atom is 0.323 e. The van der Waals surface area contributed by atoms with Gasteiger partial charge in [0, 0.05) is 80.3 Å². The number of urea groups is 1. The fraction of sp³-hybridized carbons (Fsp3) is 0.328. The van der Waals surface area contributed by atoms with E-state index in [2.05, 4.69) is 31.6 Å². The number of pyridine rings is 1. The highest BCUT2D eigenvalue weighted by molar-refractivity contribution is 6.00. The van der Waals surface area contributed by atoms with Crippen LogP contribution in [0.5, 0.6) is 0 Å². The first-order valence-corrected chi connectivity index (χ1v) is 24.9. The first-order chi connectivity index (χ1) is 35.5. The van der Waals surface area contributed by atoms with Crippen LogP contribution in [0.3, 0.4) is 0 Å². The van der Waals surface area contributed by atoms with Crippen LogP contribution in [-0.4, -0.2) is 75.9 Å². The molecule has 0 saturated heterocycles. The van der Waals surface area contributed by atoms with Crippen molar-refractivity contribution in [3.63, 3.8) is 0 Å². The molecule has 4 aromatic carbocycles. The molecule has 5 rings (SSSR count). The molecule has 16 nitrogen and oxygen atoms in total. The molecule has 0 bridgehead atoms. The zero-order valence-electron chi connectivity index (χ0n) is 42.2. The van der Waals surface area contributed by atoms with E-state index < -0.39 is 59.4 Å². The quantitative estimate of drug-likeness (QED) is 0.0183. The van der Waals surface area contributed by atoms with Crippen molar-refractivity contribution >= 4 is 64.6 Å². The molecule has 388 valence electrons. The Kier molecular flexibility index (Phi) is 22.4. The number of carbonyl (C=O) groups is 8. The molecule has 1 heterocycles. The highest BCUT2D eigenvalue weighted by Gasteiger charge is 2.32. The Balaban J connectivity index is 1.31. The molecule has 8 N–H and O–H groups in total. The number of ketones is 2. The van der Waals surface area contributed by atoms with E-state index >= 15 is 0 Å². The summed E-state index contributed by atoms with van der Waals surface area (Å²) >= 11 is 0. The number of carboxylic acids is 1. The van der Waals surface area contributed by atoms with Crippen LogP contribution < -0.4 is 32.3 Å². The summed E-state index contributed by atoms with van der Waals surface area (Å²) in [5.74, 6) is -6.10. The number of hydrogen-bond donors (Lipinski definition) is 7. The lowest BCUT2D eigenvalue weighted by atomic mass is 9.88. The minimum Gasteiger partial charge on any atom is -0.481 e. The van der Waals surface area contributed by atoms with E-state index in [1.54, 1.807) is 54.9 Å². The fourth-order valence-electron chi connectivity index (χ4n) is 8.22. The van der Waals surface area contributed by atoms with Gasteiger partial charge in [-0.2, -0.15) is 0 Å². The van der Waals surface area contributed by atoms with Crippen molar-refractivity contribution in [2.24, 2.45) is 17.6 Å². The van der Waals surface area contributed by atoms with E-state index in [4.69, 9.17) is 5.73 Å². The lowest BCUT2D eigenvalue weighted by Crippen LogP contribution is -2.49. The van der Waals surface area contributed by atoms with Crippen molar-refractivity contribution in [1.82, 2.24) is 20.9 Å². The predicted molar refractivity (Wildman–Crippen MR) is 285 cm³/mol. The predicted octanol–water partition coefficient (Wildman–Crippen LogP) is 7.54. The summed E-state index contributed by atoms with van der Waals surface area (Å²) in [6.07, 6.45) is 6.67. The molecule has 4 atom stereocenters. The van der Waals surface area contributed by atoms with Gasteiger partial charge in [-0.05, 0) is 111 Å². The van der Waals surface area contributed by atoms with Gasteiger partial charge in [0.05, 0.1) is 6.04 Å². The number of nitrogens with two attached hydrogens (primary N) is 1. The van der Waals surface area contributed by atoms with Crippen LogP contribution >= 0.6 is 0 Å². The Morgan fingerprint density at radius 2 is 1.28 bits per heavy atom. The molecule has 16 heteroatoms. The fourth-order valence-corrected chi connectivity index (χ4v) is 8.22. The largest absolute Gasteiger partial charge is 0.481 e. The summed E-state index contributed by atoms with van der Waals surface area (Å²) < 4.78 is 0. The number of carboxylic acid groups (broad SMARTS) is 1. The molecule has 0 spiro atoms. The average Bonchev–Trinajstić information content (AvgIpc) is 3.37. The number of benzene rings is 4. The molecular formula is C58H67N7O9. The van der Waals surface area contributed by atoms with Crippen molar-refractivity contribution in [1.29, 1.82) is 0 Å². The molecule has 0 aliphatic carbocycles. The number of Topliss-reactive ketones (excluding diaryl/α,β-unsaturated/α-hetero) is 2. The molecule has 0 saturated carbocycles. The number of aliphatic carboxylic acids is 1. The molecule has 0 aliphatic heterocycles. The van der Waals surface area contributed by atoms with Crippen molar-refractivity contribution < 1.29 is 43.5 Å². The normalized spacial score (nSPS) is 12.6. The molecule has 0 radical (unpaired) electrons. The summed E-state index contributed by atoms with van der Waals surface area (Å²) in [5.41, 5.74) is 12.7. The van der Waals surface area contributed by atoms with Gasteiger partial charge in [0.2, 0.25) is 23.6 Å². The Labute approximate surface area is 432 Å². The minimum absolute atomic E-state index is 0.0259. The third kappa shape index (κ3) is 20.1. The average molecular weight is 1010 g/mol. The number of carbonyl (C=O) groups excluding carboxylic acids is 7. The number of primary amides is 1. The zero-order chi connectivity index (χ0) is 53.4. The van der Waals surface area contributed by atoms with Crippen molar-refractivity contribution in [2.75, 3.05) is 17.2 Å². The summed E-state index contributed by atoms with van der Waals surface area (Å²) in [7, 11) is 0. The summed E-state index contributed by atoms with van der Waals surface area (Å²) in [6.45, 7) is 6.01. The van der Waals surface area contributed by atoms with E-state index in [0.29, 0.717) is 29.8 Å². The van der Waals surface area contributed by atoms with Gasteiger partial charge in [-0.15, -0.1) is 0 Å². The number of para-hydroxylation sites is 1. The standard InChI is InChI=1S/C58H67N7O9/c1-38-16-20-41(21-17-38)32-46(57(73)64-51(55(59)71)34-43-22-18-39(2)19-23-43)36-52(67)50(14-8-15-54(69)70)63-56(72)45(12-6-7-31-61-53(68)29-26-44-11-9-30-60-37-44)35-48(66)33-42-24-27-47(28-25-42)62-58(74)65-49-13-5-4-10-40(49)3/h4-5,9-11,13,16-30,37,45-46,50-51H,6-8,12,14-15,31-36H2,1-3H3,(H2,59,71)(H,61,68)(H,63,72)(H,64,73)(H,69,70)(H2,62,65,74)/b29-26+/t45-,46-,50+,51+/m1/s1. The number of aryl methyl sites for hydroxylation is 3. The second-order valence-corrected chi connectivity index (χ2v) is 18.7. The number of hydrogen-bond acceptors (Lipinski definition) is 9. The van der Waals surface area contributed by atoms with Gasteiger partial charge >= 0.3 is 12.0 Å². The molecule has 0 unspecified atom stereocenters. The molecule has 6 amide bonds. The van der Waals surface area contributed by atoms with Crippen LogP contribution in [0.25, 0.3) is 6.08 Å². The van der Waals surface area contributed by atoms with Gasteiger partial charge in [-0.3, -0.25) is 38.5 Å². The topological polar surface area (TPSA) is 256 Å². The van der Waals surface area contributed by atoms with Crippen molar-refractivity contribution in [2.45, 2.75) is 103 Å². The monoisotopic (exact) mass is 1010 g/mol. The summed E-state index contributed by atoms with van der Waals surface area (Å²) in [5, 5.41) is 23.6. The van der Waals surface area contributed by atoms with E-state index in [1.165, 1.54) is 6.08 Å². The van der Waals surface area contributed by atoms with Crippen LogP contribution in [0.4, 0.5) is 16.2 Å². The maximum absolute atomic E-state index is 14.5. The van der Waals surface area contributed by atoms with E-state index in [1.807, 2.05) is 93.6 Å². The summed E-state index contributed by atoms with van der Waals surface area (Å²) in [6, 6.07) is 29.8. The van der Waals surface area contributed by atoms with E-state index in [0.717, 1.165) is 33.4 Å². The Morgan fingerprint density at radius 1 is 0.649 bits per heavy atom. The smallest absolute Gasteiger partial charge is 0.323 e. The van der Waals surface area contributed by atoms with Gasteiger partial charge < -0.3 is 37.4 Å². The number of nitrogens with zero attached hydrogens (tertiary/aromatic N) is 1. The molecule has 0 aliphatic rings. The van der Waals surface area contributed by atoms with Crippen molar-refractivity contribution in [3.8, 4) is 0 Å². The lowest BCUT2D eigenvalue weighted by molar-refractivity contribution is -0.137. The van der Waals surface area contributed by atoms with Gasteiger partial charge in [0.1, 0.15) is 11.8 Å². The SMILES string of the molecule is Cc1ccc(C[C@H](CC(=O)[C@H](CCCC(=O)O)NC(=O)[C@H](CCCCNC(=O)/C=C/c2cccnc2)CC(=O)Cc2ccc(NC(=O)Nc3ccccc3C)cc2)C(=O)N[C@@H](Cc2ccc(C)cc2)C(N)=O)cc1. The molecule has 0 fully saturated rings. The van der Waals surface area contributed by atoms with Crippen molar-refractivity contribution in [3.05, 3.63) is 167 Å². The van der Waals surface area contributed by atoms with Gasteiger partial charge in [0.15, 0.2) is 5.78 Å². The number of nitrogens with one attached hydrogen (secondary N) is 5. The minimum atomic E-state index is -1.22. The van der Waals surface area contributed by atoms with Crippen LogP contribution in [-0.2, 0) is 52.8 Å².